The highest BCUT2D eigenvalue weighted by molar-refractivity contribution is 6.31. The summed E-state index contributed by atoms with van der Waals surface area (Å²) in [5.74, 6) is -0.984. The van der Waals surface area contributed by atoms with Crippen molar-refractivity contribution in [2.45, 2.75) is 18.9 Å². The minimum Gasteiger partial charge on any atom is -0.325 e. The van der Waals surface area contributed by atoms with Crippen LogP contribution >= 0.6 is 11.6 Å². The van der Waals surface area contributed by atoms with Crippen molar-refractivity contribution in [1.29, 1.82) is 0 Å². The van der Waals surface area contributed by atoms with Crippen molar-refractivity contribution < 1.29 is 18.8 Å². The van der Waals surface area contributed by atoms with Crippen molar-refractivity contribution in [3.05, 3.63) is 59.4 Å². The van der Waals surface area contributed by atoms with Crippen LogP contribution in [-0.4, -0.2) is 59.9 Å². The zero-order valence-electron chi connectivity index (χ0n) is 16.8. The molecule has 2 aromatic rings. The predicted molar refractivity (Wildman–Crippen MR) is 116 cm³/mol. The number of halogens is 2. The quantitative estimate of drug-likeness (QED) is 0.718. The summed E-state index contributed by atoms with van der Waals surface area (Å²) < 4.78 is 13.2. The first-order valence-electron chi connectivity index (χ1n) is 10.1. The van der Waals surface area contributed by atoms with Gasteiger partial charge in [-0.2, -0.15) is 0 Å². The van der Waals surface area contributed by atoms with Gasteiger partial charge in [0.25, 0.3) is 5.91 Å². The highest BCUT2D eigenvalue weighted by Gasteiger charge is 2.41. The van der Waals surface area contributed by atoms with E-state index >= 15 is 0 Å². The van der Waals surface area contributed by atoms with Gasteiger partial charge in [0.1, 0.15) is 12.4 Å². The topological polar surface area (TPSA) is 73.0 Å². The Balaban J connectivity index is 1.29. The molecule has 0 unspecified atom stereocenters. The van der Waals surface area contributed by atoms with Crippen LogP contribution < -0.4 is 10.2 Å². The van der Waals surface area contributed by atoms with E-state index in [1.54, 1.807) is 29.2 Å². The Bertz CT molecular complexity index is 996. The molecular weight excluding hydrogens is 423 g/mol. The Hall–Kier alpha value is -2.97. The Kier molecular flexibility index (Phi) is 6.20. The summed E-state index contributed by atoms with van der Waals surface area (Å²) in [5, 5.41) is 2.66. The summed E-state index contributed by atoms with van der Waals surface area (Å²) in [6.07, 6.45) is 1.36. The highest BCUT2D eigenvalue weighted by atomic mass is 35.5. The van der Waals surface area contributed by atoms with E-state index in [0.29, 0.717) is 37.3 Å². The normalized spacial score (nSPS) is 18.0. The summed E-state index contributed by atoms with van der Waals surface area (Å²) in [4.78, 5) is 42.4. The molecule has 0 aliphatic carbocycles. The van der Waals surface area contributed by atoms with Crippen LogP contribution in [0.4, 0.5) is 20.6 Å². The molecule has 2 aromatic carbocycles. The van der Waals surface area contributed by atoms with Crippen LogP contribution in [0.25, 0.3) is 0 Å². The molecule has 2 heterocycles. The average Bonchev–Trinajstić information content (AvgIpc) is 3.06. The molecule has 0 atom stereocenters. The molecule has 4 rings (SSSR count). The van der Waals surface area contributed by atoms with E-state index < -0.39 is 5.82 Å². The van der Waals surface area contributed by atoms with Gasteiger partial charge in [-0.25, -0.2) is 14.1 Å². The van der Waals surface area contributed by atoms with Crippen LogP contribution in [0.15, 0.2) is 48.5 Å². The molecule has 9 heteroatoms. The molecule has 0 saturated carbocycles. The molecule has 2 aliphatic heterocycles. The molecule has 1 N–H and O–H groups in total. The fourth-order valence-corrected chi connectivity index (χ4v) is 4.18. The third-order valence-corrected chi connectivity index (χ3v) is 5.86. The molecule has 0 radical (unpaired) electrons. The van der Waals surface area contributed by atoms with Gasteiger partial charge < -0.3 is 10.2 Å². The first-order valence-corrected chi connectivity index (χ1v) is 10.5. The Morgan fingerprint density at radius 3 is 2.48 bits per heavy atom. The molecule has 31 heavy (non-hydrogen) atoms. The minimum atomic E-state index is -0.539. The standard InChI is InChI=1S/C22H22ClFN4O3/c23-18-12-15(6-7-19(18)24)25-20(29)13-26-10-8-16(9-11-26)27-14-21(30)28(22(27)31)17-4-2-1-3-5-17/h1-7,12,16H,8-11,13-14H2,(H,25,29). The molecule has 2 saturated heterocycles. The first kappa shape index (κ1) is 21.3. The number of carbonyl (C=O) groups is 3. The number of hydrogen-bond donors (Lipinski definition) is 1. The molecule has 0 aromatic heterocycles. The second-order valence-corrected chi connectivity index (χ2v) is 8.07. The third-order valence-electron chi connectivity index (χ3n) is 5.57. The second-order valence-electron chi connectivity index (χ2n) is 7.66. The number of amides is 4. The summed E-state index contributed by atoms with van der Waals surface area (Å²) in [5.41, 5.74) is 1.02. The van der Waals surface area contributed by atoms with Gasteiger partial charge in [0, 0.05) is 24.8 Å². The summed E-state index contributed by atoms with van der Waals surface area (Å²) in [7, 11) is 0. The largest absolute Gasteiger partial charge is 0.332 e. The third kappa shape index (κ3) is 4.70. The minimum absolute atomic E-state index is 0.0413. The van der Waals surface area contributed by atoms with Crippen LogP contribution in [0.5, 0.6) is 0 Å². The smallest absolute Gasteiger partial charge is 0.325 e. The van der Waals surface area contributed by atoms with E-state index in [-0.39, 0.29) is 42.0 Å². The van der Waals surface area contributed by atoms with Crippen molar-refractivity contribution in [2.24, 2.45) is 0 Å². The van der Waals surface area contributed by atoms with E-state index in [2.05, 4.69) is 5.32 Å². The summed E-state index contributed by atoms with van der Waals surface area (Å²) in [6, 6.07) is 12.6. The number of carbonyl (C=O) groups excluding carboxylic acids is 3. The number of benzene rings is 2. The molecule has 4 amide bonds. The van der Waals surface area contributed by atoms with Gasteiger partial charge in [-0.15, -0.1) is 0 Å². The molecule has 162 valence electrons. The van der Waals surface area contributed by atoms with Gasteiger partial charge in [-0.3, -0.25) is 14.5 Å². The number of nitrogens with zero attached hydrogens (tertiary/aromatic N) is 3. The number of para-hydroxylation sites is 1. The van der Waals surface area contributed by atoms with Gasteiger partial charge >= 0.3 is 6.03 Å². The zero-order valence-corrected chi connectivity index (χ0v) is 17.5. The maximum Gasteiger partial charge on any atom is 0.332 e. The van der Waals surface area contributed by atoms with Crippen molar-refractivity contribution in [3.63, 3.8) is 0 Å². The molecule has 0 spiro atoms. The van der Waals surface area contributed by atoms with Crippen molar-refractivity contribution >= 4 is 40.8 Å². The number of urea groups is 1. The van der Waals surface area contributed by atoms with Crippen molar-refractivity contribution in [1.82, 2.24) is 9.80 Å². The summed E-state index contributed by atoms with van der Waals surface area (Å²) >= 11 is 5.74. The van der Waals surface area contributed by atoms with Crippen LogP contribution in [0.3, 0.4) is 0 Å². The van der Waals surface area contributed by atoms with E-state index in [1.807, 2.05) is 11.0 Å². The van der Waals surface area contributed by atoms with Gasteiger partial charge in [0.15, 0.2) is 0 Å². The number of likely N-dealkylation sites (tertiary alicyclic amines) is 1. The lowest BCUT2D eigenvalue weighted by Gasteiger charge is -2.35. The number of piperidine rings is 1. The number of hydrogen-bond acceptors (Lipinski definition) is 4. The van der Waals surface area contributed by atoms with Crippen LogP contribution in [0.2, 0.25) is 5.02 Å². The Morgan fingerprint density at radius 2 is 1.81 bits per heavy atom. The van der Waals surface area contributed by atoms with E-state index in [0.717, 1.165) is 0 Å². The van der Waals surface area contributed by atoms with Crippen molar-refractivity contribution in [2.75, 3.05) is 36.4 Å². The van der Waals surface area contributed by atoms with Gasteiger partial charge in [0.05, 0.1) is 17.3 Å². The fraction of sp³-hybridized carbons (Fsp3) is 0.318. The highest BCUT2D eigenvalue weighted by Crippen LogP contribution is 2.26. The van der Waals surface area contributed by atoms with Gasteiger partial charge in [-0.05, 0) is 43.2 Å². The van der Waals surface area contributed by atoms with E-state index in [1.165, 1.54) is 23.1 Å². The van der Waals surface area contributed by atoms with E-state index in [4.69, 9.17) is 11.6 Å². The predicted octanol–water partition coefficient (Wildman–Crippen LogP) is 3.35. The fourth-order valence-electron chi connectivity index (χ4n) is 4.00. The Morgan fingerprint density at radius 1 is 1.10 bits per heavy atom. The van der Waals surface area contributed by atoms with Crippen molar-refractivity contribution in [3.8, 4) is 0 Å². The lowest BCUT2D eigenvalue weighted by atomic mass is 10.0. The number of nitrogens with one attached hydrogen (secondary N) is 1. The van der Waals surface area contributed by atoms with E-state index in [9.17, 15) is 18.8 Å². The Labute approximate surface area is 184 Å². The van der Waals surface area contributed by atoms with Crippen LogP contribution in [0.1, 0.15) is 12.8 Å². The summed E-state index contributed by atoms with van der Waals surface area (Å²) in [6.45, 7) is 1.52. The maximum absolute atomic E-state index is 13.2. The molecule has 2 fully saturated rings. The van der Waals surface area contributed by atoms with Crippen LogP contribution in [0, 0.1) is 5.82 Å². The molecular formula is C22H22ClFN4O3. The molecule has 7 nitrogen and oxygen atoms in total. The monoisotopic (exact) mass is 444 g/mol. The average molecular weight is 445 g/mol. The first-order chi connectivity index (χ1) is 14.9. The SMILES string of the molecule is O=C(CN1CCC(N2CC(=O)N(c3ccccc3)C2=O)CC1)Nc1ccc(F)c(Cl)c1. The molecule has 2 aliphatic rings. The molecule has 0 bridgehead atoms. The lowest BCUT2D eigenvalue weighted by molar-refractivity contribution is -0.117. The number of rotatable bonds is 5. The number of imide groups is 1. The number of anilines is 2. The second kappa shape index (κ2) is 9.03. The van der Waals surface area contributed by atoms with Gasteiger partial charge in [-0.1, -0.05) is 29.8 Å². The van der Waals surface area contributed by atoms with Gasteiger partial charge in [0.2, 0.25) is 5.91 Å². The lowest BCUT2D eigenvalue weighted by Crippen LogP contribution is -2.48. The zero-order chi connectivity index (χ0) is 22.0. The van der Waals surface area contributed by atoms with Crippen LogP contribution in [-0.2, 0) is 9.59 Å². The maximum atomic E-state index is 13.2.